The third kappa shape index (κ3) is 80.6. The molecular weight excluding hydrogens is 1230 g/mol. The van der Waals surface area contributed by atoms with E-state index >= 15 is 0 Å². The molecule has 0 heterocycles. The Morgan fingerprint density at radius 1 is 0.316 bits per heavy atom. The molecule has 0 spiro atoms. The van der Waals surface area contributed by atoms with E-state index < -0.39 is 26.5 Å². The maximum absolute atomic E-state index is 12.9. The highest BCUT2D eigenvalue weighted by Crippen LogP contribution is 2.38. The quantitative estimate of drug-likeness (QED) is 0.0195. The van der Waals surface area contributed by atoms with Crippen molar-refractivity contribution in [1.29, 1.82) is 0 Å². The number of carbonyl (C=O) groups excluding carboxylic acids is 2. The molecule has 0 aromatic carbocycles. The van der Waals surface area contributed by atoms with Gasteiger partial charge in [0, 0.05) is 12.8 Å². The van der Waals surface area contributed by atoms with Gasteiger partial charge in [-0.25, -0.2) is 0 Å². The molecule has 0 N–H and O–H groups in total. The first-order chi connectivity index (χ1) is 48.0. The first-order valence-electron chi connectivity index (χ1n) is 40.2. The highest BCUT2D eigenvalue weighted by Gasteiger charge is 2.22. The summed E-state index contributed by atoms with van der Waals surface area (Å²) in [5.74, 6) is -0.836. The first kappa shape index (κ1) is 93.6. The van der Waals surface area contributed by atoms with Crippen LogP contribution in [-0.4, -0.2) is 70.0 Å². The predicted octanol–water partition coefficient (Wildman–Crippen LogP) is 26.4. The Bertz CT molecular complexity index is 2220. The number of phosphoric ester groups is 1. The van der Waals surface area contributed by atoms with Crippen LogP contribution in [0, 0.1) is 0 Å². The van der Waals surface area contributed by atoms with Gasteiger partial charge in [0.1, 0.15) is 19.8 Å². The summed E-state index contributed by atoms with van der Waals surface area (Å²) in [5, 5.41) is 0. The van der Waals surface area contributed by atoms with Gasteiger partial charge in [-0.2, -0.15) is 0 Å². The van der Waals surface area contributed by atoms with E-state index in [4.69, 9.17) is 18.5 Å². The summed E-state index contributed by atoms with van der Waals surface area (Å²) in [7, 11) is 1.16. The monoisotopic (exact) mass is 1380 g/mol. The predicted molar refractivity (Wildman–Crippen MR) is 424 cm³/mol. The molecule has 0 saturated heterocycles. The average Bonchev–Trinajstić information content (AvgIpc) is 1.08. The molecule has 0 aliphatic rings. The number of nitrogens with zero attached hydrogens (tertiary/aromatic N) is 1. The molecule has 0 aromatic heterocycles. The van der Waals surface area contributed by atoms with Crippen molar-refractivity contribution in [3.63, 3.8) is 0 Å². The molecule has 9 nitrogen and oxygen atoms in total. The summed E-state index contributed by atoms with van der Waals surface area (Å²) in [6, 6.07) is 0. The minimum atomic E-state index is -4.66. The first-order valence-corrected chi connectivity index (χ1v) is 41.7. The van der Waals surface area contributed by atoms with Crippen LogP contribution in [0.25, 0.3) is 0 Å². The highest BCUT2D eigenvalue weighted by molar-refractivity contribution is 7.45. The van der Waals surface area contributed by atoms with Gasteiger partial charge in [-0.1, -0.05) is 358 Å². The molecule has 2 atom stereocenters. The maximum Gasteiger partial charge on any atom is 0.306 e. The Labute approximate surface area is 605 Å². The minimum absolute atomic E-state index is 0.0372. The van der Waals surface area contributed by atoms with E-state index in [0.717, 1.165) is 128 Å². The van der Waals surface area contributed by atoms with Crippen molar-refractivity contribution in [3.05, 3.63) is 158 Å². The van der Waals surface area contributed by atoms with Crippen molar-refractivity contribution in [2.75, 3.05) is 47.5 Å². The molecule has 0 aliphatic carbocycles. The van der Waals surface area contributed by atoms with Crippen LogP contribution in [0.3, 0.4) is 0 Å². The molecule has 0 aliphatic heterocycles. The molecule has 10 heteroatoms. The van der Waals surface area contributed by atoms with Crippen LogP contribution in [0.4, 0.5) is 0 Å². The number of quaternary nitrogens is 1. The number of esters is 2. The van der Waals surface area contributed by atoms with E-state index in [1.807, 2.05) is 21.1 Å². The highest BCUT2D eigenvalue weighted by atomic mass is 31.2. The van der Waals surface area contributed by atoms with E-state index in [9.17, 15) is 19.0 Å². The molecule has 98 heavy (non-hydrogen) atoms. The second kappa shape index (κ2) is 76.8. The van der Waals surface area contributed by atoms with Gasteiger partial charge in [0.25, 0.3) is 7.82 Å². The number of hydrogen-bond donors (Lipinski definition) is 0. The maximum atomic E-state index is 12.9. The van der Waals surface area contributed by atoms with Crippen molar-refractivity contribution < 1.29 is 42.1 Å². The standard InChI is InChI=1S/C88H150NO8P/c1-6-8-10-12-14-16-18-20-22-24-26-28-30-32-34-36-38-40-42-44-46-48-50-52-54-56-58-60-62-64-66-68-70-72-74-76-78-80-87(90)94-84-86(85-96-98(92,93)95-83-82-89(3,4)5)97-88(91)81-79-77-75-73-71-69-67-65-63-61-59-57-55-53-51-49-47-45-43-41-39-37-35-33-31-29-27-25-23-21-19-17-15-13-11-9-7-2/h8-11,14-17,20-23,26-29,33,35,39,41,45,47,51,53,57,59,86H,6-7,12-13,18-19,24-25,30-32,34,36-38,40,42-44,46,48-50,52,54-56,58,60-85H2,1-5H3/b10-8-,11-9-,16-14-,17-15-,22-20-,23-21-,28-26-,29-27-,35-33-,41-39-,47-45-,53-51-,59-57-. The topological polar surface area (TPSA) is 111 Å². The molecule has 0 saturated carbocycles. The smallest absolute Gasteiger partial charge is 0.306 e. The van der Waals surface area contributed by atoms with E-state index in [-0.39, 0.29) is 32.0 Å². The van der Waals surface area contributed by atoms with E-state index in [1.165, 1.54) is 173 Å². The summed E-state index contributed by atoms with van der Waals surface area (Å²) in [6.07, 6.45) is 115. The molecule has 560 valence electrons. The van der Waals surface area contributed by atoms with E-state index in [0.29, 0.717) is 17.4 Å². The van der Waals surface area contributed by atoms with Crippen molar-refractivity contribution in [1.82, 2.24) is 0 Å². The third-order valence-electron chi connectivity index (χ3n) is 17.0. The molecule has 0 aromatic rings. The lowest BCUT2D eigenvalue weighted by atomic mass is 10.0. The lowest BCUT2D eigenvalue weighted by Crippen LogP contribution is -2.37. The van der Waals surface area contributed by atoms with Crippen molar-refractivity contribution in [2.45, 2.75) is 341 Å². The van der Waals surface area contributed by atoms with Crippen LogP contribution in [0.1, 0.15) is 335 Å². The van der Waals surface area contributed by atoms with E-state index in [1.54, 1.807) is 0 Å². The van der Waals surface area contributed by atoms with Crippen molar-refractivity contribution in [2.24, 2.45) is 0 Å². The van der Waals surface area contributed by atoms with Crippen LogP contribution in [-0.2, 0) is 32.7 Å². The van der Waals surface area contributed by atoms with Crippen molar-refractivity contribution >= 4 is 19.8 Å². The number of rotatable bonds is 73. The molecule has 0 radical (unpaired) electrons. The van der Waals surface area contributed by atoms with Gasteiger partial charge in [-0.05, 0) is 122 Å². The lowest BCUT2D eigenvalue weighted by Gasteiger charge is -2.28. The number of hydrogen-bond acceptors (Lipinski definition) is 8. The van der Waals surface area contributed by atoms with Crippen molar-refractivity contribution in [3.8, 4) is 0 Å². The summed E-state index contributed by atoms with van der Waals surface area (Å²) in [5.41, 5.74) is 0. The second-order valence-electron chi connectivity index (χ2n) is 27.7. The number of unbranched alkanes of at least 4 members (excludes halogenated alkanes) is 33. The number of carbonyl (C=O) groups is 2. The largest absolute Gasteiger partial charge is 0.756 e. The number of likely N-dealkylation sites (N-methyl/N-ethyl adjacent to an activating group) is 1. The van der Waals surface area contributed by atoms with Gasteiger partial charge < -0.3 is 27.9 Å². The van der Waals surface area contributed by atoms with Crippen LogP contribution in [0.5, 0.6) is 0 Å². The third-order valence-corrected chi connectivity index (χ3v) is 18.0. The molecule has 0 bridgehead atoms. The summed E-state index contributed by atoms with van der Waals surface area (Å²) in [6.45, 7) is 4.03. The Morgan fingerprint density at radius 2 is 0.551 bits per heavy atom. The molecular formula is C88H150NO8P. The van der Waals surface area contributed by atoms with Gasteiger partial charge in [0.05, 0.1) is 27.7 Å². The number of allylic oxidation sites excluding steroid dienone is 26. The fourth-order valence-corrected chi connectivity index (χ4v) is 11.7. The van der Waals surface area contributed by atoms with Crippen LogP contribution in [0.2, 0.25) is 0 Å². The average molecular weight is 1380 g/mol. The zero-order valence-electron chi connectivity index (χ0n) is 63.9. The van der Waals surface area contributed by atoms with Gasteiger partial charge in [0.15, 0.2) is 6.10 Å². The molecule has 0 amide bonds. The molecule has 0 rings (SSSR count). The summed E-state index contributed by atoms with van der Waals surface area (Å²) in [4.78, 5) is 38.2. The fourth-order valence-electron chi connectivity index (χ4n) is 11.0. The van der Waals surface area contributed by atoms with Crippen LogP contribution < -0.4 is 4.89 Å². The Kier molecular flexibility index (Phi) is 73.4. The van der Waals surface area contributed by atoms with E-state index in [2.05, 4.69) is 172 Å². The summed E-state index contributed by atoms with van der Waals surface area (Å²) >= 11 is 0. The van der Waals surface area contributed by atoms with Gasteiger partial charge in [0.2, 0.25) is 0 Å². The van der Waals surface area contributed by atoms with Gasteiger partial charge >= 0.3 is 11.9 Å². The van der Waals surface area contributed by atoms with Gasteiger partial charge in [-0.3, -0.25) is 14.2 Å². The molecule has 2 unspecified atom stereocenters. The molecule has 0 fully saturated rings. The summed E-state index contributed by atoms with van der Waals surface area (Å²) < 4.78 is 34.4. The van der Waals surface area contributed by atoms with Gasteiger partial charge in [-0.15, -0.1) is 0 Å². The lowest BCUT2D eigenvalue weighted by molar-refractivity contribution is -0.870. The Balaban J connectivity index is 4.01. The van der Waals surface area contributed by atoms with Crippen LogP contribution in [0.15, 0.2) is 158 Å². The van der Waals surface area contributed by atoms with Crippen LogP contribution >= 0.6 is 7.82 Å². The normalized spacial score (nSPS) is 13.9. The second-order valence-corrected chi connectivity index (χ2v) is 29.1. The Morgan fingerprint density at radius 3 is 0.816 bits per heavy atom. The SMILES string of the molecule is CC/C=C\C/C=C\C/C=C\C/C=C\C/C=C\C/C=C\C/C=C\C/C=C\C/C=C\CCCCCCCCCCCC(=O)OC(COC(=O)CCCCCCCCCCCCCCCCCCCCCCCCCC/C=C\C/C=C\C/C=C\C/C=C\CC)COP(=O)([O-])OCC[N+](C)(C)C. The minimum Gasteiger partial charge on any atom is -0.756 e. The zero-order chi connectivity index (χ0) is 71.1. The fraction of sp³-hybridized carbons (Fsp3) is 0.682. The number of ether oxygens (including phenoxy) is 2. The Hall–Kier alpha value is -4.37. The zero-order valence-corrected chi connectivity index (χ0v) is 64.8. The number of phosphoric acid groups is 1.